The molecular weight excluding hydrogens is 333 g/mol. The molecule has 0 fully saturated rings. The number of hydrogen-bond donors (Lipinski definition) is 2. The molecule has 0 saturated heterocycles. The molecule has 0 saturated carbocycles. The van der Waals surface area contributed by atoms with Crippen molar-refractivity contribution in [1.29, 1.82) is 0 Å². The fraction of sp³-hybridized carbons (Fsp3) is 0.727. The highest BCUT2D eigenvalue weighted by Crippen LogP contribution is 2.08. The summed E-state index contributed by atoms with van der Waals surface area (Å²) in [5.74, 6) is 2.14. The lowest BCUT2D eigenvalue weighted by Crippen LogP contribution is -2.42. The first-order chi connectivity index (χ1) is 7.36. The molecule has 0 aromatic heterocycles. The largest absolute Gasteiger partial charge is 0.356 e. The van der Waals surface area contributed by atoms with Crippen LogP contribution in [0.4, 0.5) is 0 Å². The quantitative estimate of drug-likeness (QED) is 0.261. The van der Waals surface area contributed by atoms with Crippen molar-refractivity contribution in [3.05, 3.63) is 12.2 Å². The van der Waals surface area contributed by atoms with Crippen molar-refractivity contribution in [2.75, 3.05) is 25.6 Å². The van der Waals surface area contributed by atoms with Crippen LogP contribution >= 0.6 is 35.7 Å². The van der Waals surface area contributed by atoms with E-state index in [1.54, 1.807) is 0 Å². The lowest BCUT2D eigenvalue weighted by Gasteiger charge is -2.16. The third kappa shape index (κ3) is 6.62. The van der Waals surface area contributed by atoms with Gasteiger partial charge in [0.25, 0.3) is 0 Å². The van der Waals surface area contributed by atoms with Crippen LogP contribution < -0.4 is 10.6 Å². The summed E-state index contributed by atoms with van der Waals surface area (Å²) in [6.45, 7) is 1.00. The van der Waals surface area contributed by atoms with Crippen LogP contribution in [0.3, 0.4) is 0 Å². The maximum atomic E-state index is 4.21. The monoisotopic (exact) mass is 355 g/mol. The van der Waals surface area contributed by atoms with Gasteiger partial charge in [0, 0.05) is 19.6 Å². The van der Waals surface area contributed by atoms with Crippen LogP contribution in [-0.2, 0) is 0 Å². The summed E-state index contributed by atoms with van der Waals surface area (Å²) in [5, 5.41) is 6.74. The van der Waals surface area contributed by atoms with Gasteiger partial charge < -0.3 is 10.6 Å². The van der Waals surface area contributed by atoms with Gasteiger partial charge in [0.05, 0.1) is 0 Å². The molecule has 0 unspecified atom stereocenters. The Morgan fingerprint density at radius 1 is 1.44 bits per heavy atom. The molecule has 0 aliphatic heterocycles. The number of nitrogens with zero attached hydrogens (tertiary/aromatic N) is 1. The van der Waals surface area contributed by atoms with E-state index in [2.05, 4.69) is 34.0 Å². The maximum absolute atomic E-state index is 4.21. The molecule has 0 bridgehead atoms. The van der Waals surface area contributed by atoms with Crippen molar-refractivity contribution >= 4 is 41.7 Å². The summed E-state index contributed by atoms with van der Waals surface area (Å²) in [6.07, 6.45) is 10.00. The molecule has 0 spiro atoms. The first-order valence-corrected chi connectivity index (χ1v) is 6.87. The minimum Gasteiger partial charge on any atom is -0.356 e. The Balaban J connectivity index is 0.00000225. The van der Waals surface area contributed by atoms with Crippen LogP contribution in [0, 0.1) is 0 Å². The predicted molar refractivity (Wildman–Crippen MR) is 85.1 cm³/mol. The smallest absolute Gasteiger partial charge is 0.191 e. The van der Waals surface area contributed by atoms with E-state index >= 15 is 0 Å². The maximum Gasteiger partial charge on any atom is 0.191 e. The minimum atomic E-state index is 0. The van der Waals surface area contributed by atoms with Gasteiger partial charge in [-0.05, 0) is 31.3 Å². The topological polar surface area (TPSA) is 36.4 Å². The lowest BCUT2D eigenvalue weighted by atomic mass is 10.2. The number of rotatable bonds is 5. The van der Waals surface area contributed by atoms with Crippen LogP contribution in [0.25, 0.3) is 0 Å². The number of nitrogens with one attached hydrogen (secondary N) is 2. The molecular formula is C11H22IN3S. The second-order valence-electron chi connectivity index (χ2n) is 3.63. The van der Waals surface area contributed by atoms with E-state index < -0.39 is 0 Å². The Morgan fingerprint density at radius 2 is 2.12 bits per heavy atom. The van der Waals surface area contributed by atoms with Gasteiger partial charge in [0.2, 0.25) is 0 Å². The molecule has 1 rings (SSSR count). The van der Waals surface area contributed by atoms with E-state index in [9.17, 15) is 0 Å². The number of guanidine groups is 1. The normalized spacial score (nSPS) is 16.0. The van der Waals surface area contributed by atoms with Gasteiger partial charge in [0.15, 0.2) is 5.96 Å². The zero-order chi connectivity index (χ0) is 10.9. The van der Waals surface area contributed by atoms with E-state index in [1.165, 1.54) is 12.2 Å². The number of halogens is 1. The third-order valence-electron chi connectivity index (χ3n) is 2.39. The number of aliphatic imine (C=N–C) groups is 1. The summed E-state index contributed by atoms with van der Waals surface area (Å²) in [6, 6.07) is 0.539. The summed E-state index contributed by atoms with van der Waals surface area (Å²) >= 11 is 1.88. The van der Waals surface area contributed by atoms with Crippen LogP contribution in [0.15, 0.2) is 17.1 Å². The molecule has 2 N–H and O–H groups in total. The summed E-state index contributed by atoms with van der Waals surface area (Å²) in [4.78, 5) is 4.21. The van der Waals surface area contributed by atoms with Gasteiger partial charge in [0.1, 0.15) is 0 Å². The molecule has 5 heteroatoms. The predicted octanol–water partition coefficient (Wildman–Crippen LogP) is 2.24. The summed E-state index contributed by atoms with van der Waals surface area (Å²) in [5.41, 5.74) is 0. The second-order valence-corrected chi connectivity index (χ2v) is 4.62. The minimum absolute atomic E-state index is 0. The zero-order valence-electron chi connectivity index (χ0n) is 10.0. The van der Waals surface area contributed by atoms with Crippen molar-refractivity contribution in [1.82, 2.24) is 10.6 Å². The average molecular weight is 355 g/mol. The highest BCUT2D eigenvalue weighted by Gasteiger charge is 2.10. The first kappa shape index (κ1) is 16.1. The highest BCUT2D eigenvalue weighted by molar-refractivity contribution is 14.0. The van der Waals surface area contributed by atoms with E-state index in [0.29, 0.717) is 6.04 Å². The Hall–Kier alpha value is 0.0900. The van der Waals surface area contributed by atoms with Gasteiger partial charge in [-0.15, -0.1) is 24.0 Å². The fourth-order valence-electron chi connectivity index (χ4n) is 1.55. The fourth-order valence-corrected chi connectivity index (χ4v) is 1.98. The van der Waals surface area contributed by atoms with Gasteiger partial charge in [-0.25, -0.2) is 0 Å². The van der Waals surface area contributed by atoms with Crippen molar-refractivity contribution in [2.24, 2.45) is 4.99 Å². The van der Waals surface area contributed by atoms with Crippen molar-refractivity contribution < 1.29 is 0 Å². The second kappa shape index (κ2) is 10.3. The first-order valence-electron chi connectivity index (χ1n) is 5.48. The summed E-state index contributed by atoms with van der Waals surface area (Å²) in [7, 11) is 1.83. The van der Waals surface area contributed by atoms with Gasteiger partial charge in [-0.3, -0.25) is 4.99 Å². The van der Waals surface area contributed by atoms with Crippen LogP contribution in [0.2, 0.25) is 0 Å². The Morgan fingerprint density at radius 3 is 2.69 bits per heavy atom. The standard InChI is InChI=1S/C11H21N3S.HI/c1-12-11(13-8-5-9-15-2)14-10-6-3-4-7-10;/h3-4,10H,5-9H2,1-2H3,(H2,12,13,14);1H. The Bertz CT molecular complexity index is 223. The van der Waals surface area contributed by atoms with Crippen LogP contribution in [0.1, 0.15) is 19.3 Å². The molecule has 1 aliphatic rings. The highest BCUT2D eigenvalue weighted by atomic mass is 127. The Kier molecular flexibility index (Phi) is 10.3. The van der Waals surface area contributed by atoms with Crippen LogP contribution in [-0.4, -0.2) is 37.6 Å². The van der Waals surface area contributed by atoms with Gasteiger partial charge >= 0.3 is 0 Å². The molecule has 0 radical (unpaired) electrons. The average Bonchev–Trinajstić information content (AvgIpc) is 2.75. The van der Waals surface area contributed by atoms with Crippen molar-refractivity contribution in [2.45, 2.75) is 25.3 Å². The molecule has 16 heavy (non-hydrogen) atoms. The molecule has 3 nitrogen and oxygen atoms in total. The molecule has 0 amide bonds. The van der Waals surface area contributed by atoms with Crippen molar-refractivity contribution in [3.63, 3.8) is 0 Å². The van der Waals surface area contributed by atoms with E-state index in [-0.39, 0.29) is 24.0 Å². The Labute approximate surface area is 120 Å². The van der Waals surface area contributed by atoms with Crippen LogP contribution in [0.5, 0.6) is 0 Å². The van der Waals surface area contributed by atoms with Gasteiger partial charge in [-0.1, -0.05) is 12.2 Å². The molecule has 94 valence electrons. The van der Waals surface area contributed by atoms with Gasteiger partial charge in [-0.2, -0.15) is 11.8 Å². The zero-order valence-corrected chi connectivity index (χ0v) is 13.2. The SMILES string of the molecule is CN=C(NCCCSC)NC1CC=CC1.I. The molecule has 0 aromatic rings. The lowest BCUT2D eigenvalue weighted by molar-refractivity contribution is 0.632. The molecule has 1 aliphatic carbocycles. The molecule has 0 atom stereocenters. The van der Waals surface area contributed by atoms with Crippen molar-refractivity contribution in [3.8, 4) is 0 Å². The van der Waals surface area contributed by atoms with E-state index in [1.807, 2.05) is 18.8 Å². The van der Waals surface area contributed by atoms with E-state index in [0.717, 1.165) is 25.3 Å². The molecule has 0 heterocycles. The van der Waals surface area contributed by atoms with E-state index in [4.69, 9.17) is 0 Å². The number of hydrogen-bond acceptors (Lipinski definition) is 2. The number of thioether (sulfide) groups is 1. The molecule has 0 aromatic carbocycles. The summed E-state index contributed by atoms with van der Waals surface area (Å²) < 4.78 is 0. The third-order valence-corrected chi connectivity index (χ3v) is 3.09.